The highest BCUT2D eigenvalue weighted by Gasteiger charge is 2.27. The van der Waals surface area contributed by atoms with E-state index in [1.54, 1.807) is 11.0 Å². The average molecular weight is 290 g/mol. The van der Waals surface area contributed by atoms with Crippen LogP contribution < -0.4 is 4.90 Å². The van der Waals surface area contributed by atoms with Crippen LogP contribution in [0.4, 0.5) is 10.5 Å². The second-order valence-electron chi connectivity index (χ2n) is 4.44. The van der Waals surface area contributed by atoms with Crippen molar-refractivity contribution in [1.82, 2.24) is 10.2 Å². The van der Waals surface area contributed by atoms with Crippen molar-refractivity contribution in [2.45, 2.75) is 13.0 Å². The van der Waals surface area contributed by atoms with E-state index in [0.29, 0.717) is 18.7 Å². The first-order valence-corrected chi connectivity index (χ1v) is 6.62. The number of nitrogens with zero attached hydrogens (tertiary/aromatic N) is 3. The lowest BCUT2D eigenvalue weighted by Crippen LogP contribution is -2.29. The van der Waals surface area contributed by atoms with Crippen LogP contribution in [0.2, 0.25) is 5.15 Å². The minimum Gasteiger partial charge on any atom is -0.444 e. The van der Waals surface area contributed by atoms with Crippen LogP contribution in [-0.2, 0) is 17.8 Å². The zero-order valence-corrected chi connectivity index (χ0v) is 11.4. The van der Waals surface area contributed by atoms with Crippen molar-refractivity contribution < 1.29 is 9.53 Å². The molecule has 0 unspecified atom stereocenters. The van der Waals surface area contributed by atoms with Crippen LogP contribution in [-0.4, -0.2) is 22.8 Å². The number of rotatable bonds is 2. The van der Waals surface area contributed by atoms with Crippen LogP contribution in [0.1, 0.15) is 11.3 Å². The molecule has 1 amide bonds. The van der Waals surface area contributed by atoms with Crippen LogP contribution in [0.5, 0.6) is 0 Å². The number of fused-ring (bicyclic) bond motifs is 1. The van der Waals surface area contributed by atoms with Gasteiger partial charge in [-0.1, -0.05) is 41.9 Å². The van der Waals surface area contributed by atoms with Crippen molar-refractivity contribution in [1.29, 1.82) is 0 Å². The molecular formula is C14H12ClN3O2. The summed E-state index contributed by atoms with van der Waals surface area (Å²) in [6, 6.07) is 11.2. The molecule has 0 atom stereocenters. The van der Waals surface area contributed by atoms with Crippen molar-refractivity contribution in [3.8, 4) is 0 Å². The molecule has 0 saturated heterocycles. The molecule has 3 rings (SSSR count). The highest BCUT2D eigenvalue weighted by molar-refractivity contribution is 6.29. The zero-order chi connectivity index (χ0) is 13.9. The van der Waals surface area contributed by atoms with Crippen molar-refractivity contribution >= 4 is 23.4 Å². The van der Waals surface area contributed by atoms with Crippen LogP contribution in [0.25, 0.3) is 0 Å². The maximum Gasteiger partial charge on any atom is 0.414 e. The standard InChI is InChI=1S/C14H12ClN3O2/c15-13-8-12-11(16-17-13)6-7-18(12)14(19)20-9-10-4-2-1-3-5-10/h1-5,8H,6-7,9H2. The summed E-state index contributed by atoms with van der Waals surface area (Å²) in [5, 5.41) is 8.02. The first-order valence-electron chi connectivity index (χ1n) is 6.24. The molecule has 2 heterocycles. The summed E-state index contributed by atoms with van der Waals surface area (Å²) in [6.07, 6.45) is 0.275. The van der Waals surface area contributed by atoms with Crippen LogP contribution >= 0.6 is 11.6 Å². The summed E-state index contributed by atoms with van der Waals surface area (Å²) >= 11 is 5.81. The lowest BCUT2D eigenvalue weighted by atomic mass is 10.2. The molecular weight excluding hydrogens is 278 g/mol. The summed E-state index contributed by atoms with van der Waals surface area (Å²) in [6.45, 7) is 0.787. The number of carbonyl (C=O) groups excluding carboxylic acids is 1. The molecule has 2 aromatic rings. The Morgan fingerprint density at radius 3 is 2.90 bits per heavy atom. The number of amides is 1. The van der Waals surface area contributed by atoms with Crippen molar-refractivity contribution in [2.24, 2.45) is 0 Å². The molecule has 5 nitrogen and oxygen atoms in total. The van der Waals surface area contributed by atoms with Gasteiger partial charge >= 0.3 is 6.09 Å². The Hall–Kier alpha value is -2.14. The van der Waals surface area contributed by atoms with E-state index < -0.39 is 6.09 Å². The van der Waals surface area contributed by atoms with E-state index in [0.717, 1.165) is 11.3 Å². The lowest BCUT2D eigenvalue weighted by Gasteiger charge is -2.16. The topological polar surface area (TPSA) is 55.3 Å². The molecule has 0 fully saturated rings. The van der Waals surface area contributed by atoms with Gasteiger partial charge in [-0.05, 0) is 5.56 Å². The summed E-state index contributed by atoms with van der Waals surface area (Å²) < 4.78 is 5.30. The van der Waals surface area contributed by atoms with Gasteiger partial charge in [0.05, 0.1) is 11.4 Å². The molecule has 0 spiro atoms. The number of benzene rings is 1. The van der Waals surface area contributed by atoms with Crippen LogP contribution in [0.3, 0.4) is 0 Å². The van der Waals surface area contributed by atoms with Crippen molar-refractivity contribution in [3.05, 3.63) is 52.8 Å². The van der Waals surface area contributed by atoms with Gasteiger partial charge in [0.1, 0.15) is 6.61 Å². The van der Waals surface area contributed by atoms with Gasteiger partial charge in [-0.15, -0.1) is 5.10 Å². The van der Waals surface area contributed by atoms with Crippen LogP contribution in [0.15, 0.2) is 36.4 Å². The fraction of sp³-hybridized carbons (Fsp3) is 0.214. The number of carbonyl (C=O) groups is 1. The third-order valence-electron chi connectivity index (χ3n) is 3.11. The smallest absolute Gasteiger partial charge is 0.414 e. The minimum atomic E-state index is -0.392. The zero-order valence-electron chi connectivity index (χ0n) is 10.6. The number of hydrogen-bond acceptors (Lipinski definition) is 4. The number of anilines is 1. The summed E-state index contributed by atoms with van der Waals surface area (Å²) in [5.41, 5.74) is 2.40. The molecule has 102 valence electrons. The summed E-state index contributed by atoms with van der Waals surface area (Å²) in [5.74, 6) is 0. The van der Waals surface area contributed by atoms with Crippen LogP contribution in [0, 0.1) is 0 Å². The van der Waals surface area contributed by atoms with Gasteiger partial charge in [-0.25, -0.2) is 4.79 Å². The second-order valence-corrected chi connectivity index (χ2v) is 4.83. The molecule has 6 heteroatoms. The molecule has 20 heavy (non-hydrogen) atoms. The molecule has 0 N–H and O–H groups in total. The minimum absolute atomic E-state index is 0.248. The monoisotopic (exact) mass is 289 g/mol. The number of halogens is 1. The van der Waals surface area contributed by atoms with E-state index in [1.807, 2.05) is 30.3 Å². The predicted molar refractivity (Wildman–Crippen MR) is 74.7 cm³/mol. The average Bonchev–Trinajstić information content (AvgIpc) is 2.89. The molecule has 1 aliphatic heterocycles. The van der Waals surface area contributed by atoms with E-state index in [9.17, 15) is 4.79 Å². The van der Waals surface area contributed by atoms with Gasteiger partial charge in [0.2, 0.25) is 0 Å². The van der Waals surface area contributed by atoms with Crippen molar-refractivity contribution in [2.75, 3.05) is 11.4 Å². The molecule has 0 aliphatic carbocycles. The van der Waals surface area contributed by atoms with Gasteiger partial charge in [0, 0.05) is 19.0 Å². The fourth-order valence-electron chi connectivity index (χ4n) is 2.12. The second kappa shape index (κ2) is 5.46. The maximum absolute atomic E-state index is 12.1. The third kappa shape index (κ3) is 2.58. The number of aromatic nitrogens is 2. The molecule has 1 aromatic heterocycles. The summed E-state index contributed by atoms with van der Waals surface area (Å²) in [4.78, 5) is 13.6. The SMILES string of the molecule is O=C(OCc1ccccc1)N1CCc2nnc(Cl)cc21. The molecule has 1 aliphatic rings. The molecule has 0 saturated carbocycles. The number of ether oxygens (including phenoxy) is 1. The Kier molecular flexibility index (Phi) is 3.52. The predicted octanol–water partition coefficient (Wildman–Crippen LogP) is 2.83. The van der Waals surface area contributed by atoms with Gasteiger partial charge in [0.15, 0.2) is 5.15 Å². The third-order valence-corrected chi connectivity index (χ3v) is 3.29. The highest BCUT2D eigenvalue weighted by Crippen LogP contribution is 2.28. The summed E-state index contributed by atoms with van der Waals surface area (Å²) in [7, 11) is 0. The number of hydrogen-bond donors (Lipinski definition) is 0. The Labute approximate surface area is 121 Å². The Morgan fingerprint density at radius 2 is 2.10 bits per heavy atom. The van der Waals surface area contributed by atoms with Crippen molar-refractivity contribution in [3.63, 3.8) is 0 Å². The fourth-order valence-corrected chi connectivity index (χ4v) is 2.26. The first-order chi connectivity index (χ1) is 9.74. The maximum atomic E-state index is 12.1. The first kappa shape index (κ1) is 12.9. The Balaban J connectivity index is 1.69. The lowest BCUT2D eigenvalue weighted by molar-refractivity contribution is 0.147. The van der Waals surface area contributed by atoms with Gasteiger partial charge in [-0.2, -0.15) is 5.10 Å². The van der Waals surface area contributed by atoms with Gasteiger partial charge in [0.25, 0.3) is 0 Å². The van der Waals surface area contributed by atoms with E-state index >= 15 is 0 Å². The Bertz CT molecular complexity index is 634. The van der Waals surface area contributed by atoms with E-state index in [4.69, 9.17) is 16.3 Å². The molecule has 0 radical (unpaired) electrons. The van der Waals surface area contributed by atoms with E-state index in [2.05, 4.69) is 10.2 Å². The largest absolute Gasteiger partial charge is 0.444 e. The quantitative estimate of drug-likeness (QED) is 0.853. The van der Waals surface area contributed by atoms with E-state index in [-0.39, 0.29) is 11.8 Å². The van der Waals surface area contributed by atoms with Gasteiger partial charge < -0.3 is 4.74 Å². The van der Waals surface area contributed by atoms with Gasteiger partial charge in [-0.3, -0.25) is 4.90 Å². The highest BCUT2D eigenvalue weighted by atomic mass is 35.5. The molecule has 1 aromatic carbocycles. The Morgan fingerprint density at radius 1 is 1.30 bits per heavy atom. The van der Waals surface area contributed by atoms with E-state index in [1.165, 1.54) is 0 Å². The normalized spacial score (nSPS) is 13.2. The molecule has 0 bridgehead atoms.